The van der Waals surface area contributed by atoms with Gasteiger partial charge in [0.15, 0.2) is 0 Å². The molecular weight excluding hydrogens is 373 g/mol. The number of halogens is 1. The van der Waals surface area contributed by atoms with Gasteiger partial charge in [0.05, 0.1) is 30.5 Å². The van der Waals surface area contributed by atoms with E-state index in [0.29, 0.717) is 23.6 Å². The van der Waals surface area contributed by atoms with Crippen molar-refractivity contribution in [3.8, 4) is 0 Å². The number of carbonyl (C=O) groups excluding carboxylic acids is 2. The van der Waals surface area contributed by atoms with Gasteiger partial charge in [-0.15, -0.1) is 0 Å². The number of benzene rings is 2. The maximum Gasteiger partial charge on any atom is 0.338 e. The van der Waals surface area contributed by atoms with Crippen LogP contribution in [0.25, 0.3) is 0 Å². The van der Waals surface area contributed by atoms with Crippen molar-refractivity contribution in [1.82, 2.24) is 4.98 Å². The number of carbonyl (C=O) groups is 2. The lowest BCUT2D eigenvalue weighted by Crippen LogP contribution is -2.15. The van der Waals surface area contributed by atoms with Gasteiger partial charge in [-0.1, -0.05) is 12.1 Å². The van der Waals surface area contributed by atoms with Gasteiger partial charge < -0.3 is 15.4 Å². The summed E-state index contributed by atoms with van der Waals surface area (Å²) in [6, 6.07) is 16.1. The number of nitrogens with one attached hydrogen (secondary N) is 2. The highest BCUT2D eigenvalue weighted by atomic mass is 19.1. The summed E-state index contributed by atoms with van der Waals surface area (Å²) in [6.07, 6.45) is 1.72. The van der Waals surface area contributed by atoms with Gasteiger partial charge in [-0.3, -0.25) is 4.79 Å². The Morgan fingerprint density at radius 1 is 0.966 bits per heavy atom. The lowest BCUT2D eigenvalue weighted by atomic mass is 10.1. The average Bonchev–Trinajstić information content (AvgIpc) is 2.72. The number of rotatable bonds is 7. The zero-order valence-corrected chi connectivity index (χ0v) is 15.8. The van der Waals surface area contributed by atoms with Crippen LogP contribution >= 0.6 is 0 Å². The van der Waals surface area contributed by atoms with Crippen molar-refractivity contribution in [1.29, 1.82) is 0 Å². The van der Waals surface area contributed by atoms with Gasteiger partial charge >= 0.3 is 5.97 Å². The van der Waals surface area contributed by atoms with Crippen molar-refractivity contribution in [3.63, 3.8) is 0 Å². The molecule has 7 heteroatoms. The molecular formula is C22H20FN3O3. The first-order valence-electron chi connectivity index (χ1n) is 9.08. The van der Waals surface area contributed by atoms with E-state index in [1.54, 1.807) is 61.7 Å². The molecule has 0 saturated heterocycles. The lowest BCUT2D eigenvalue weighted by molar-refractivity contribution is -0.115. The molecule has 1 heterocycles. The smallest absolute Gasteiger partial charge is 0.338 e. The highest BCUT2D eigenvalue weighted by Gasteiger charge is 2.07. The zero-order valence-electron chi connectivity index (χ0n) is 15.8. The standard InChI is InChI=1S/C22H20FN3O3/c1-2-29-22(28)16-5-9-18(10-6-16)25-19-11-12-20(24-14-19)26-21(27)13-15-3-7-17(23)8-4-15/h3-12,14,25H,2,13H2,1H3,(H,24,26,27). The van der Waals surface area contributed by atoms with Crippen LogP contribution in [0, 0.1) is 5.82 Å². The van der Waals surface area contributed by atoms with E-state index >= 15 is 0 Å². The molecule has 2 aromatic carbocycles. The molecule has 1 amide bonds. The number of ether oxygens (including phenoxy) is 1. The highest BCUT2D eigenvalue weighted by Crippen LogP contribution is 2.18. The molecule has 0 atom stereocenters. The van der Waals surface area contributed by atoms with E-state index in [9.17, 15) is 14.0 Å². The van der Waals surface area contributed by atoms with Crippen molar-refractivity contribution in [3.05, 3.63) is 83.8 Å². The number of pyridine rings is 1. The normalized spacial score (nSPS) is 10.3. The average molecular weight is 393 g/mol. The van der Waals surface area contributed by atoms with Gasteiger partial charge in [-0.05, 0) is 61.0 Å². The Morgan fingerprint density at radius 3 is 2.28 bits per heavy atom. The first-order valence-corrected chi connectivity index (χ1v) is 9.08. The van der Waals surface area contributed by atoms with Crippen molar-refractivity contribution >= 4 is 29.1 Å². The molecule has 0 aliphatic heterocycles. The van der Waals surface area contributed by atoms with Crippen LogP contribution in [0.5, 0.6) is 0 Å². The monoisotopic (exact) mass is 393 g/mol. The van der Waals surface area contributed by atoms with Crippen molar-refractivity contribution in [2.24, 2.45) is 0 Å². The van der Waals surface area contributed by atoms with Gasteiger partial charge in [0.2, 0.25) is 5.91 Å². The topological polar surface area (TPSA) is 80.3 Å². The van der Waals surface area contributed by atoms with Gasteiger partial charge in [0.25, 0.3) is 0 Å². The molecule has 3 rings (SSSR count). The summed E-state index contributed by atoms with van der Waals surface area (Å²) in [4.78, 5) is 28.0. The van der Waals surface area contributed by atoms with Crippen molar-refractivity contribution in [2.75, 3.05) is 17.2 Å². The minimum Gasteiger partial charge on any atom is -0.462 e. The van der Waals surface area contributed by atoms with E-state index in [0.717, 1.165) is 11.4 Å². The molecule has 0 bridgehead atoms. The summed E-state index contributed by atoms with van der Waals surface area (Å²) in [5.74, 6) is -0.518. The number of hydrogen-bond donors (Lipinski definition) is 2. The third-order valence-corrected chi connectivity index (χ3v) is 3.99. The van der Waals surface area contributed by atoms with Gasteiger partial charge in [-0.25, -0.2) is 14.2 Å². The fraction of sp³-hybridized carbons (Fsp3) is 0.136. The highest BCUT2D eigenvalue weighted by molar-refractivity contribution is 5.91. The molecule has 1 aromatic heterocycles. The molecule has 2 N–H and O–H groups in total. The second kappa shape index (κ2) is 9.45. The van der Waals surface area contributed by atoms with Gasteiger partial charge in [-0.2, -0.15) is 0 Å². The molecule has 0 aliphatic rings. The first-order chi connectivity index (χ1) is 14.0. The third-order valence-electron chi connectivity index (χ3n) is 3.99. The Morgan fingerprint density at radius 2 is 1.66 bits per heavy atom. The molecule has 148 valence electrons. The number of amides is 1. The van der Waals surface area contributed by atoms with Crippen LogP contribution in [0.3, 0.4) is 0 Å². The molecule has 0 saturated carbocycles. The largest absolute Gasteiger partial charge is 0.462 e. The zero-order chi connectivity index (χ0) is 20.6. The summed E-state index contributed by atoms with van der Waals surface area (Å²) in [7, 11) is 0. The molecule has 0 fully saturated rings. The second-order valence-corrected chi connectivity index (χ2v) is 6.21. The van der Waals surface area contributed by atoms with E-state index in [1.165, 1.54) is 12.1 Å². The quantitative estimate of drug-likeness (QED) is 0.584. The number of aromatic nitrogens is 1. The Labute approximate surface area is 167 Å². The predicted octanol–water partition coefficient (Wildman–Crippen LogP) is 4.32. The summed E-state index contributed by atoms with van der Waals surface area (Å²) in [6.45, 7) is 2.09. The fourth-order valence-corrected chi connectivity index (χ4v) is 2.59. The predicted molar refractivity (Wildman–Crippen MR) is 109 cm³/mol. The van der Waals surface area contributed by atoms with E-state index in [2.05, 4.69) is 15.6 Å². The van der Waals surface area contributed by atoms with Crippen LogP contribution < -0.4 is 10.6 Å². The van der Waals surface area contributed by atoms with E-state index in [1.807, 2.05) is 0 Å². The summed E-state index contributed by atoms with van der Waals surface area (Å²) in [5, 5.41) is 5.87. The van der Waals surface area contributed by atoms with Gasteiger partial charge in [0.1, 0.15) is 11.6 Å². The molecule has 3 aromatic rings. The molecule has 0 aliphatic carbocycles. The van der Waals surface area contributed by atoms with Crippen LogP contribution in [0.15, 0.2) is 66.9 Å². The number of hydrogen-bond acceptors (Lipinski definition) is 5. The summed E-state index contributed by atoms with van der Waals surface area (Å²) < 4.78 is 17.9. The van der Waals surface area contributed by atoms with Crippen LogP contribution in [-0.4, -0.2) is 23.5 Å². The minimum absolute atomic E-state index is 0.134. The maximum absolute atomic E-state index is 12.9. The van der Waals surface area contributed by atoms with Crippen LogP contribution in [0.1, 0.15) is 22.8 Å². The molecule has 0 spiro atoms. The van der Waals surface area contributed by atoms with E-state index in [4.69, 9.17) is 4.74 Å². The molecule has 29 heavy (non-hydrogen) atoms. The van der Waals surface area contributed by atoms with Crippen LogP contribution in [-0.2, 0) is 16.0 Å². The lowest BCUT2D eigenvalue weighted by Gasteiger charge is -2.09. The molecule has 0 unspecified atom stereocenters. The fourth-order valence-electron chi connectivity index (χ4n) is 2.59. The van der Waals surface area contributed by atoms with Crippen molar-refractivity contribution in [2.45, 2.75) is 13.3 Å². The summed E-state index contributed by atoms with van der Waals surface area (Å²) in [5.41, 5.74) is 2.71. The van der Waals surface area contributed by atoms with E-state index < -0.39 is 0 Å². The number of esters is 1. The number of nitrogens with zero attached hydrogens (tertiary/aromatic N) is 1. The Balaban J connectivity index is 1.55. The van der Waals surface area contributed by atoms with E-state index in [-0.39, 0.29) is 24.1 Å². The van der Waals surface area contributed by atoms with Gasteiger partial charge in [0, 0.05) is 5.69 Å². The Kier molecular flexibility index (Phi) is 6.52. The first kappa shape index (κ1) is 20.0. The number of anilines is 3. The van der Waals surface area contributed by atoms with Crippen LogP contribution in [0.4, 0.5) is 21.6 Å². The maximum atomic E-state index is 12.9. The van der Waals surface area contributed by atoms with Crippen molar-refractivity contribution < 1.29 is 18.7 Å². The Bertz CT molecular complexity index is 972. The SMILES string of the molecule is CCOC(=O)c1ccc(Nc2ccc(NC(=O)Cc3ccc(F)cc3)nc2)cc1. The Hall–Kier alpha value is -3.74. The van der Waals surface area contributed by atoms with Crippen LogP contribution in [0.2, 0.25) is 0 Å². The summed E-state index contributed by atoms with van der Waals surface area (Å²) >= 11 is 0. The molecule has 6 nitrogen and oxygen atoms in total. The third kappa shape index (κ3) is 5.87. The molecule has 0 radical (unpaired) electrons. The minimum atomic E-state index is -0.360. The second-order valence-electron chi connectivity index (χ2n) is 6.21.